The maximum Gasteiger partial charge on any atom is 0.123 e. The topological polar surface area (TPSA) is 58.3 Å². The average Bonchev–Trinajstić information content (AvgIpc) is 2.69. The van der Waals surface area contributed by atoms with E-state index in [1.807, 2.05) is 54.6 Å². The first kappa shape index (κ1) is 20.1. The van der Waals surface area contributed by atoms with Crippen molar-refractivity contribution in [2.24, 2.45) is 5.73 Å². The molecule has 0 spiro atoms. The fourth-order valence-corrected chi connectivity index (χ4v) is 3.54. The Bertz CT molecular complexity index is 885. The van der Waals surface area contributed by atoms with Crippen LogP contribution in [0.3, 0.4) is 0 Å². The van der Waals surface area contributed by atoms with Crippen LogP contribution in [0.25, 0.3) is 0 Å². The molecule has 0 fully saturated rings. The van der Waals surface area contributed by atoms with Gasteiger partial charge in [-0.15, -0.1) is 0 Å². The number of aromatic hydroxyl groups is 1. The highest BCUT2D eigenvalue weighted by Crippen LogP contribution is 2.34. The van der Waals surface area contributed by atoms with Crippen molar-refractivity contribution in [1.29, 1.82) is 0 Å². The van der Waals surface area contributed by atoms with E-state index in [1.54, 1.807) is 0 Å². The summed E-state index contributed by atoms with van der Waals surface area (Å²) in [6, 6.07) is 26.1. The molecule has 3 aromatic rings. The third-order valence-corrected chi connectivity index (χ3v) is 5.14. The zero-order chi connectivity index (χ0) is 20.1. The molecule has 0 saturated carbocycles. The first-order chi connectivity index (χ1) is 13.4. The Hall–Kier alpha value is -2.62. The Morgan fingerprint density at radius 3 is 1.96 bits per heavy atom. The number of nitrogens with one attached hydrogen (secondary N) is 1. The standard InChI is InChI=1S/C25H30N2O/c1-25(2,3)21-16-10-15-20(24(21)28)17-27-23(19-13-8-5-9-14-19)22(26)18-11-6-4-7-12-18/h4-16,22-23,27-28H,17,26H2,1-3H3/t22-,23?/m1/s1. The van der Waals surface area contributed by atoms with Crippen LogP contribution in [0.2, 0.25) is 0 Å². The number of rotatable bonds is 6. The van der Waals surface area contributed by atoms with Crippen molar-refractivity contribution in [3.05, 3.63) is 101 Å². The van der Waals surface area contributed by atoms with E-state index < -0.39 is 0 Å². The van der Waals surface area contributed by atoms with Crippen molar-refractivity contribution in [2.45, 2.75) is 44.8 Å². The number of phenols is 1. The summed E-state index contributed by atoms with van der Waals surface area (Å²) in [6.07, 6.45) is 0. The molecule has 3 rings (SSSR count). The van der Waals surface area contributed by atoms with E-state index in [4.69, 9.17) is 5.73 Å². The smallest absolute Gasteiger partial charge is 0.123 e. The largest absolute Gasteiger partial charge is 0.507 e. The molecule has 0 bridgehead atoms. The highest BCUT2D eigenvalue weighted by atomic mass is 16.3. The van der Waals surface area contributed by atoms with Gasteiger partial charge < -0.3 is 16.2 Å². The van der Waals surface area contributed by atoms with Gasteiger partial charge in [-0.1, -0.05) is 99.6 Å². The van der Waals surface area contributed by atoms with Crippen LogP contribution in [0.1, 0.15) is 55.1 Å². The molecule has 0 aliphatic carbocycles. The van der Waals surface area contributed by atoms with E-state index in [0.717, 1.165) is 22.3 Å². The van der Waals surface area contributed by atoms with E-state index in [2.05, 4.69) is 50.4 Å². The predicted octanol–water partition coefficient (Wildman–Crippen LogP) is 5.22. The van der Waals surface area contributed by atoms with Gasteiger partial charge in [0.1, 0.15) is 5.75 Å². The third-order valence-electron chi connectivity index (χ3n) is 5.14. The van der Waals surface area contributed by atoms with Crippen molar-refractivity contribution in [1.82, 2.24) is 5.32 Å². The van der Waals surface area contributed by atoms with Gasteiger partial charge in [-0.2, -0.15) is 0 Å². The molecule has 0 heterocycles. The first-order valence-corrected chi connectivity index (χ1v) is 9.78. The third kappa shape index (κ3) is 4.61. The van der Waals surface area contributed by atoms with Gasteiger partial charge in [0, 0.05) is 18.2 Å². The highest BCUT2D eigenvalue weighted by molar-refractivity contribution is 5.44. The van der Waals surface area contributed by atoms with Crippen LogP contribution in [0.15, 0.2) is 78.9 Å². The number of nitrogens with two attached hydrogens (primary N) is 1. The molecule has 0 aliphatic heterocycles. The SMILES string of the molecule is CC(C)(C)c1cccc(CNC(c2ccccc2)[C@H](N)c2ccccc2)c1O. The lowest BCUT2D eigenvalue weighted by Gasteiger charge is -2.27. The van der Waals surface area contributed by atoms with Crippen molar-refractivity contribution < 1.29 is 5.11 Å². The van der Waals surface area contributed by atoms with Crippen LogP contribution in [0.4, 0.5) is 0 Å². The second kappa shape index (κ2) is 8.59. The van der Waals surface area contributed by atoms with Crippen LogP contribution in [-0.2, 0) is 12.0 Å². The Morgan fingerprint density at radius 2 is 1.39 bits per heavy atom. The van der Waals surface area contributed by atoms with Gasteiger partial charge in [0.25, 0.3) is 0 Å². The molecule has 0 aliphatic rings. The van der Waals surface area contributed by atoms with E-state index in [-0.39, 0.29) is 17.5 Å². The minimum absolute atomic E-state index is 0.0682. The van der Waals surface area contributed by atoms with Crippen molar-refractivity contribution in [3.8, 4) is 5.75 Å². The molecule has 0 radical (unpaired) electrons. The Balaban J connectivity index is 1.87. The minimum atomic E-state index is -0.198. The van der Waals surface area contributed by atoms with Crippen LogP contribution < -0.4 is 11.1 Å². The molecule has 28 heavy (non-hydrogen) atoms. The van der Waals surface area contributed by atoms with Gasteiger partial charge in [0.2, 0.25) is 0 Å². The summed E-state index contributed by atoms with van der Waals surface area (Å²) in [5.74, 6) is 0.364. The van der Waals surface area contributed by atoms with Gasteiger partial charge in [0.05, 0.1) is 6.04 Å². The molecule has 0 aromatic heterocycles. The second-order valence-corrected chi connectivity index (χ2v) is 8.27. The number of benzene rings is 3. The molecule has 146 valence electrons. The summed E-state index contributed by atoms with van der Waals surface area (Å²) in [5, 5.41) is 14.4. The summed E-state index contributed by atoms with van der Waals surface area (Å²) in [5.41, 5.74) is 10.6. The Morgan fingerprint density at radius 1 is 0.821 bits per heavy atom. The van der Waals surface area contributed by atoms with E-state index in [1.165, 1.54) is 0 Å². The second-order valence-electron chi connectivity index (χ2n) is 8.27. The average molecular weight is 375 g/mol. The van der Waals surface area contributed by atoms with Crippen LogP contribution in [0.5, 0.6) is 5.75 Å². The van der Waals surface area contributed by atoms with Crippen LogP contribution >= 0.6 is 0 Å². The van der Waals surface area contributed by atoms with Crippen molar-refractivity contribution >= 4 is 0 Å². The maximum absolute atomic E-state index is 10.8. The fourth-order valence-electron chi connectivity index (χ4n) is 3.54. The molecule has 3 nitrogen and oxygen atoms in total. The lowest BCUT2D eigenvalue weighted by molar-refractivity contribution is 0.420. The summed E-state index contributed by atoms with van der Waals surface area (Å²) in [6.45, 7) is 6.86. The van der Waals surface area contributed by atoms with Gasteiger partial charge in [-0.3, -0.25) is 0 Å². The van der Waals surface area contributed by atoms with Gasteiger partial charge in [-0.25, -0.2) is 0 Å². The molecule has 4 N–H and O–H groups in total. The molecular formula is C25H30N2O. The quantitative estimate of drug-likeness (QED) is 0.554. The predicted molar refractivity (Wildman–Crippen MR) is 116 cm³/mol. The number of phenolic OH excluding ortho intramolecular Hbond substituents is 1. The monoisotopic (exact) mass is 374 g/mol. The van der Waals surface area contributed by atoms with Gasteiger partial charge in [0.15, 0.2) is 0 Å². The zero-order valence-electron chi connectivity index (χ0n) is 16.9. The Kier molecular flexibility index (Phi) is 6.18. The first-order valence-electron chi connectivity index (χ1n) is 9.78. The summed E-state index contributed by atoms with van der Waals surface area (Å²) in [7, 11) is 0. The van der Waals surface area contributed by atoms with E-state index in [9.17, 15) is 5.11 Å². The normalized spacial score (nSPS) is 13.9. The Labute approximate surface area is 168 Å². The highest BCUT2D eigenvalue weighted by Gasteiger charge is 2.23. The fraction of sp³-hybridized carbons (Fsp3) is 0.280. The number of hydrogen-bond acceptors (Lipinski definition) is 3. The lowest BCUT2D eigenvalue weighted by atomic mass is 9.85. The molecule has 0 saturated heterocycles. The van der Waals surface area contributed by atoms with Crippen molar-refractivity contribution in [2.75, 3.05) is 0 Å². The number of para-hydroxylation sites is 1. The molecular weight excluding hydrogens is 344 g/mol. The van der Waals surface area contributed by atoms with Crippen molar-refractivity contribution in [3.63, 3.8) is 0 Å². The summed E-state index contributed by atoms with van der Waals surface area (Å²) in [4.78, 5) is 0. The van der Waals surface area contributed by atoms with Crippen LogP contribution in [-0.4, -0.2) is 5.11 Å². The van der Waals surface area contributed by atoms with E-state index in [0.29, 0.717) is 12.3 Å². The zero-order valence-corrected chi connectivity index (χ0v) is 16.9. The molecule has 1 unspecified atom stereocenters. The number of hydrogen-bond donors (Lipinski definition) is 3. The molecule has 2 atom stereocenters. The summed E-state index contributed by atoms with van der Waals surface area (Å²) < 4.78 is 0. The maximum atomic E-state index is 10.8. The van der Waals surface area contributed by atoms with Gasteiger partial charge >= 0.3 is 0 Å². The molecule has 0 amide bonds. The lowest BCUT2D eigenvalue weighted by Crippen LogP contribution is -2.31. The minimum Gasteiger partial charge on any atom is -0.507 e. The van der Waals surface area contributed by atoms with E-state index >= 15 is 0 Å². The summed E-state index contributed by atoms with van der Waals surface area (Å²) >= 11 is 0. The molecule has 3 heteroatoms. The van der Waals surface area contributed by atoms with Gasteiger partial charge in [-0.05, 0) is 22.1 Å². The van der Waals surface area contributed by atoms with Crippen LogP contribution in [0, 0.1) is 0 Å². The molecule has 3 aromatic carbocycles.